The van der Waals surface area contributed by atoms with Crippen LogP contribution in [0.25, 0.3) is 0 Å². The van der Waals surface area contributed by atoms with Crippen LogP contribution in [0.4, 0.5) is 0 Å². The average molecular weight is 256 g/mol. The second-order valence-electron chi connectivity index (χ2n) is 4.45. The Hall–Kier alpha value is -1.80. The van der Waals surface area contributed by atoms with Gasteiger partial charge in [0.25, 0.3) is 0 Å². The van der Waals surface area contributed by atoms with Gasteiger partial charge in [0.2, 0.25) is 0 Å². The second kappa shape index (κ2) is 7.59. The lowest BCUT2D eigenvalue weighted by Crippen LogP contribution is -1.99. The van der Waals surface area contributed by atoms with E-state index in [0.29, 0.717) is 6.61 Å². The molecular weight excluding hydrogens is 236 g/mol. The zero-order valence-corrected chi connectivity index (χ0v) is 11.3. The number of methoxy groups -OCH3 is 1. The van der Waals surface area contributed by atoms with Crippen LogP contribution in [-0.4, -0.2) is 13.7 Å². The highest BCUT2D eigenvalue weighted by molar-refractivity contribution is 5.32. The van der Waals surface area contributed by atoms with E-state index >= 15 is 0 Å². The van der Waals surface area contributed by atoms with Crippen molar-refractivity contribution in [2.75, 3.05) is 13.7 Å². The van der Waals surface area contributed by atoms with Gasteiger partial charge in [0, 0.05) is 12.2 Å². The predicted molar refractivity (Wildman–Crippen MR) is 77.4 cm³/mol. The lowest BCUT2D eigenvalue weighted by molar-refractivity contribution is 0.117. The van der Waals surface area contributed by atoms with E-state index in [0.717, 1.165) is 30.8 Å². The number of benzene rings is 2. The van der Waals surface area contributed by atoms with Gasteiger partial charge in [0.05, 0.1) is 13.7 Å². The maximum atomic E-state index is 5.70. The van der Waals surface area contributed by atoms with Crippen molar-refractivity contribution < 1.29 is 9.47 Å². The standard InChI is InChI=1S/C17H20O2/c1-18-17-12-6-5-11-16(17)14-19-13-7-10-15-8-3-2-4-9-15/h2-6,8-9,11-12H,7,10,13-14H2,1H3. The Morgan fingerprint density at radius 2 is 1.63 bits per heavy atom. The molecule has 0 N–H and O–H groups in total. The summed E-state index contributed by atoms with van der Waals surface area (Å²) in [5, 5.41) is 0. The molecule has 0 spiro atoms. The average Bonchev–Trinajstić information content (AvgIpc) is 2.48. The summed E-state index contributed by atoms with van der Waals surface area (Å²) in [6, 6.07) is 18.5. The molecule has 2 nitrogen and oxygen atoms in total. The van der Waals surface area contributed by atoms with Gasteiger partial charge in [-0.05, 0) is 24.5 Å². The van der Waals surface area contributed by atoms with Crippen molar-refractivity contribution in [2.45, 2.75) is 19.4 Å². The van der Waals surface area contributed by atoms with Gasteiger partial charge < -0.3 is 9.47 Å². The summed E-state index contributed by atoms with van der Waals surface area (Å²) in [4.78, 5) is 0. The molecule has 0 bridgehead atoms. The molecule has 0 heterocycles. The molecule has 2 aromatic rings. The van der Waals surface area contributed by atoms with E-state index in [4.69, 9.17) is 9.47 Å². The molecule has 0 atom stereocenters. The number of aryl methyl sites for hydroxylation is 1. The van der Waals surface area contributed by atoms with Crippen LogP contribution in [0.3, 0.4) is 0 Å². The van der Waals surface area contributed by atoms with Crippen LogP contribution in [0.1, 0.15) is 17.5 Å². The first-order valence-corrected chi connectivity index (χ1v) is 6.63. The molecule has 2 rings (SSSR count). The highest BCUT2D eigenvalue weighted by Crippen LogP contribution is 2.18. The maximum absolute atomic E-state index is 5.70. The Balaban J connectivity index is 1.69. The molecule has 0 radical (unpaired) electrons. The molecule has 0 saturated carbocycles. The SMILES string of the molecule is COc1ccccc1COCCCc1ccccc1. The molecule has 2 aromatic carbocycles. The largest absolute Gasteiger partial charge is 0.496 e. The van der Waals surface area contributed by atoms with Crippen LogP contribution in [0.15, 0.2) is 54.6 Å². The lowest BCUT2D eigenvalue weighted by Gasteiger charge is -2.08. The number of ether oxygens (including phenoxy) is 2. The fourth-order valence-electron chi connectivity index (χ4n) is 2.03. The van der Waals surface area contributed by atoms with E-state index < -0.39 is 0 Å². The van der Waals surface area contributed by atoms with Gasteiger partial charge in [-0.2, -0.15) is 0 Å². The lowest BCUT2D eigenvalue weighted by atomic mass is 10.1. The molecule has 100 valence electrons. The number of para-hydroxylation sites is 1. The van der Waals surface area contributed by atoms with Crippen molar-refractivity contribution in [1.82, 2.24) is 0 Å². The smallest absolute Gasteiger partial charge is 0.124 e. The quantitative estimate of drug-likeness (QED) is 0.701. The maximum Gasteiger partial charge on any atom is 0.124 e. The third-order valence-electron chi connectivity index (χ3n) is 3.05. The van der Waals surface area contributed by atoms with Crippen molar-refractivity contribution in [3.05, 3.63) is 65.7 Å². The minimum absolute atomic E-state index is 0.610. The molecule has 0 aliphatic heterocycles. The van der Waals surface area contributed by atoms with E-state index in [1.165, 1.54) is 5.56 Å². The molecule has 2 heteroatoms. The molecular formula is C17H20O2. The highest BCUT2D eigenvalue weighted by atomic mass is 16.5. The monoisotopic (exact) mass is 256 g/mol. The van der Waals surface area contributed by atoms with Crippen molar-refractivity contribution in [3.8, 4) is 5.75 Å². The van der Waals surface area contributed by atoms with Crippen LogP contribution >= 0.6 is 0 Å². The number of rotatable bonds is 7. The Morgan fingerprint density at radius 3 is 2.42 bits per heavy atom. The summed E-state index contributed by atoms with van der Waals surface area (Å²) >= 11 is 0. The fraction of sp³-hybridized carbons (Fsp3) is 0.294. The van der Waals surface area contributed by atoms with Crippen molar-refractivity contribution >= 4 is 0 Å². The number of hydrogen-bond donors (Lipinski definition) is 0. The van der Waals surface area contributed by atoms with Crippen molar-refractivity contribution in [3.63, 3.8) is 0 Å². The Morgan fingerprint density at radius 1 is 0.895 bits per heavy atom. The van der Waals surface area contributed by atoms with E-state index in [1.54, 1.807) is 7.11 Å². The molecule has 0 aromatic heterocycles. The first-order chi connectivity index (χ1) is 9.40. The van der Waals surface area contributed by atoms with Gasteiger partial charge >= 0.3 is 0 Å². The molecule has 0 amide bonds. The van der Waals surface area contributed by atoms with Gasteiger partial charge in [-0.15, -0.1) is 0 Å². The first kappa shape index (κ1) is 13.6. The van der Waals surface area contributed by atoms with E-state index in [9.17, 15) is 0 Å². The summed E-state index contributed by atoms with van der Waals surface area (Å²) < 4.78 is 11.0. The van der Waals surface area contributed by atoms with Crippen LogP contribution in [0.5, 0.6) is 5.75 Å². The van der Waals surface area contributed by atoms with E-state index in [1.807, 2.05) is 30.3 Å². The Bertz CT molecular complexity index is 480. The zero-order valence-electron chi connectivity index (χ0n) is 11.3. The fourth-order valence-corrected chi connectivity index (χ4v) is 2.03. The van der Waals surface area contributed by atoms with Crippen LogP contribution in [0.2, 0.25) is 0 Å². The molecule has 0 aliphatic carbocycles. The van der Waals surface area contributed by atoms with Gasteiger partial charge in [-0.1, -0.05) is 48.5 Å². The van der Waals surface area contributed by atoms with Crippen LogP contribution in [-0.2, 0) is 17.8 Å². The summed E-state index contributed by atoms with van der Waals surface area (Å²) in [5.41, 5.74) is 2.47. The predicted octanol–water partition coefficient (Wildman–Crippen LogP) is 3.84. The minimum atomic E-state index is 0.610. The minimum Gasteiger partial charge on any atom is -0.496 e. The molecule has 0 aliphatic rings. The molecule has 0 unspecified atom stereocenters. The van der Waals surface area contributed by atoms with E-state index in [-0.39, 0.29) is 0 Å². The molecule has 19 heavy (non-hydrogen) atoms. The Labute approximate surface area is 115 Å². The Kier molecular flexibility index (Phi) is 5.45. The third kappa shape index (κ3) is 4.42. The third-order valence-corrected chi connectivity index (χ3v) is 3.05. The van der Waals surface area contributed by atoms with Gasteiger partial charge in [0.1, 0.15) is 5.75 Å². The van der Waals surface area contributed by atoms with Crippen molar-refractivity contribution in [2.24, 2.45) is 0 Å². The van der Waals surface area contributed by atoms with E-state index in [2.05, 4.69) is 24.3 Å². The topological polar surface area (TPSA) is 18.5 Å². The van der Waals surface area contributed by atoms with Gasteiger partial charge in [-0.3, -0.25) is 0 Å². The van der Waals surface area contributed by atoms with Crippen LogP contribution < -0.4 is 4.74 Å². The normalized spacial score (nSPS) is 10.4. The molecule has 0 fully saturated rings. The number of hydrogen-bond acceptors (Lipinski definition) is 2. The van der Waals surface area contributed by atoms with Gasteiger partial charge in [0.15, 0.2) is 0 Å². The summed E-state index contributed by atoms with van der Waals surface area (Å²) in [6.45, 7) is 1.38. The van der Waals surface area contributed by atoms with Gasteiger partial charge in [-0.25, -0.2) is 0 Å². The zero-order chi connectivity index (χ0) is 13.3. The second-order valence-corrected chi connectivity index (χ2v) is 4.45. The van der Waals surface area contributed by atoms with Crippen LogP contribution in [0, 0.1) is 0 Å². The summed E-state index contributed by atoms with van der Waals surface area (Å²) in [5.74, 6) is 0.894. The van der Waals surface area contributed by atoms with Crippen molar-refractivity contribution in [1.29, 1.82) is 0 Å². The summed E-state index contributed by atoms with van der Waals surface area (Å²) in [6.07, 6.45) is 2.10. The summed E-state index contributed by atoms with van der Waals surface area (Å²) in [7, 11) is 1.69. The molecule has 0 saturated heterocycles. The highest BCUT2D eigenvalue weighted by Gasteiger charge is 2.01. The first-order valence-electron chi connectivity index (χ1n) is 6.63.